The van der Waals surface area contributed by atoms with Gasteiger partial charge in [0.2, 0.25) is 11.8 Å². The largest absolute Gasteiger partial charge is 0.490 e. The van der Waals surface area contributed by atoms with E-state index >= 15 is 0 Å². The zero-order valence-corrected chi connectivity index (χ0v) is 16.7. The van der Waals surface area contributed by atoms with Crippen molar-refractivity contribution in [1.29, 1.82) is 0 Å². The number of aliphatic carboxylic acids is 1. The van der Waals surface area contributed by atoms with E-state index in [4.69, 9.17) is 15.6 Å². The van der Waals surface area contributed by atoms with Crippen LogP contribution in [-0.4, -0.2) is 59.1 Å². The Kier molecular flexibility index (Phi) is 8.37. The Bertz CT molecular complexity index is 799. The van der Waals surface area contributed by atoms with E-state index in [0.717, 1.165) is 19.3 Å². The van der Waals surface area contributed by atoms with Gasteiger partial charge < -0.3 is 21.1 Å². The molecule has 2 atom stereocenters. The third kappa shape index (κ3) is 8.16. The second-order valence-electron chi connectivity index (χ2n) is 7.67. The fourth-order valence-electron chi connectivity index (χ4n) is 3.14. The van der Waals surface area contributed by atoms with E-state index in [2.05, 4.69) is 5.32 Å². The van der Waals surface area contributed by atoms with Gasteiger partial charge in [-0.2, -0.15) is 13.2 Å². The molecule has 4 N–H and O–H groups in total. The number of likely N-dealkylation sites (tertiary alicyclic amines) is 1. The van der Waals surface area contributed by atoms with E-state index in [0.29, 0.717) is 25.1 Å². The summed E-state index contributed by atoms with van der Waals surface area (Å²) in [7, 11) is 0. The normalized spacial score (nSPS) is 19.3. The summed E-state index contributed by atoms with van der Waals surface area (Å²) in [5, 5.41) is 10.1. The first-order chi connectivity index (χ1) is 14.5. The van der Waals surface area contributed by atoms with Crippen LogP contribution in [0.4, 0.5) is 17.6 Å². The van der Waals surface area contributed by atoms with Gasteiger partial charge in [0.15, 0.2) is 0 Å². The molecule has 0 aromatic heterocycles. The average molecular weight is 447 g/mol. The first-order valence-corrected chi connectivity index (χ1v) is 9.84. The molecule has 0 bridgehead atoms. The molecule has 3 rings (SSSR count). The Labute approximate surface area is 176 Å². The van der Waals surface area contributed by atoms with Gasteiger partial charge in [0, 0.05) is 37.5 Å². The van der Waals surface area contributed by atoms with Crippen molar-refractivity contribution in [3.05, 3.63) is 35.6 Å². The molecule has 7 nitrogen and oxygen atoms in total. The first-order valence-electron chi connectivity index (χ1n) is 9.84. The fraction of sp³-hybridized carbons (Fsp3) is 0.550. The molecular formula is C20H25F4N3O4. The van der Waals surface area contributed by atoms with Crippen molar-refractivity contribution in [3.63, 3.8) is 0 Å². The van der Waals surface area contributed by atoms with Crippen molar-refractivity contribution >= 4 is 17.8 Å². The smallest absolute Gasteiger partial charge is 0.475 e. The number of alkyl halides is 3. The number of hydrogen-bond donors (Lipinski definition) is 3. The summed E-state index contributed by atoms with van der Waals surface area (Å²) in [6, 6.07) is 6.13. The monoisotopic (exact) mass is 447 g/mol. The molecule has 1 aliphatic heterocycles. The summed E-state index contributed by atoms with van der Waals surface area (Å²) in [6.07, 6.45) is -1.81. The molecule has 1 saturated heterocycles. The Morgan fingerprint density at radius 3 is 2.35 bits per heavy atom. The molecule has 1 aromatic rings. The van der Waals surface area contributed by atoms with E-state index in [1.54, 1.807) is 23.1 Å². The van der Waals surface area contributed by atoms with Crippen LogP contribution in [0, 0.1) is 11.7 Å². The number of amides is 2. The molecule has 2 fully saturated rings. The minimum atomic E-state index is -5.08. The molecule has 1 aliphatic carbocycles. The number of carboxylic acid groups (broad SMARTS) is 1. The van der Waals surface area contributed by atoms with Crippen LogP contribution in [0.25, 0.3) is 0 Å². The predicted molar refractivity (Wildman–Crippen MR) is 102 cm³/mol. The van der Waals surface area contributed by atoms with Crippen LogP contribution >= 0.6 is 0 Å². The third-order valence-corrected chi connectivity index (χ3v) is 4.95. The highest BCUT2D eigenvalue weighted by Gasteiger charge is 2.38. The molecule has 0 radical (unpaired) electrons. The highest BCUT2D eigenvalue weighted by molar-refractivity contribution is 5.81. The highest BCUT2D eigenvalue weighted by atomic mass is 19.4. The fourth-order valence-corrected chi connectivity index (χ4v) is 3.14. The average Bonchev–Trinajstić information content (AvgIpc) is 3.43. The molecular weight excluding hydrogens is 422 g/mol. The zero-order chi connectivity index (χ0) is 23.2. The Hall–Kier alpha value is -2.69. The maximum Gasteiger partial charge on any atom is 0.490 e. The van der Waals surface area contributed by atoms with Crippen molar-refractivity contribution in [2.24, 2.45) is 11.7 Å². The van der Waals surface area contributed by atoms with Gasteiger partial charge in [0.25, 0.3) is 0 Å². The summed E-state index contributed by atoms with van der Waals surface area (Å²) in [4.78, 5) is 34.8. The molecule has 0 unspecified atom stereocenters. The quantitative estimate of drug-likeness (QED) is 0.576. The number of rotatable bonds is 6. The third-order valence-electron chi connectivity index (χ3n) is 4.95. The van der Waals surface area contributed by atoms with Crippen LogP contribution in [0.1, 0.15) is 31.2 Å². The minimum Gasteiger partial charge on any atom is -0.475 e. The zero-order valence-electron chi connectivity index (χ0n) is 16.7. The van der Waals surface area contributed by atoms with Crippen molar-refractivity contribution in [2.45, 2.75) is 50.4 Å². The summed E-state index contributed by atoms with van der Waals surface area (Å²) in [5.41, 5.74) is 6.56. The van der Waals surface area contributed by atoms with Crippen molar-refractivity contribution in [1.82, 2.24) is 10.2 Å². The molecule has 2 amide bonds. The predicted octanol–water partition coefficient (Wildman–Crippen LogP) is 1.85. The molecule has 1 saturated carbocycles. The van der Waals surface area contributed by atoms with E-state index in [9.17, 15) is 27.2 Å². The van der Waals surface area contributed by atoms with E-state index in [1.165, 1.54) is 6.07 Å². The maximum absolute atomic E-state index is 13.6. The molecule has 31 heavy (non-hydrogen) atoms. The summed E-state index contributed by atoms with van der Waals surface area (Å²) in [5.74, 6) is -2.77. The molecule has 172 valence electrons. The molecule has 1 heterocycles. The lowest BCUT2D eigenvalue weighted by molar-refractivity contribution is -0.192. The van der Waals surface area contributed by atoms with E-state index in [1.807, 2.05) is 0 Å². The second-order valence-corrected chi connectivity index (χ2v) is 7.67. The first kappa shape index (κ1) is 24.6. The Morgan fingerprint density at radius 1 is 1.19 bits per heavy atom. The summed E-state index contributed by atoms with van der Waals surface area (Å²) in [6.45, 7) is 1.19. The van der Waals surface area contributed by atoms with Gasteiger partial charge in [-0.25, -0.2) is 9.18 Å². The summed E-state index contributed by atoms with van der Waals surface area (Å²) < 4.78 is 45.4. The van der Waals surface area contributed by atoms with Crippen LogP contribution in [0.15, 0.2) is 24.3 Å². The van der Waals surface area contributed by atoms with E-state index < -0.39 is 18.2 Å². The highest BCUT2D eigenvalue weighted by Crippen LogP contribution is 2.29. The molecule has 0 spiro atoms. The minimum absolute atomic E-state index is 0.0259. The van der Waals surface area contributed by atoms with Gasteiger partial charge in [-0.3, -0.25) is 9.59 Å². The van der Waals surface area contributed by atoms with Gasteiger partial charge >= 0.3 is 12.1 Å². The number of nitrogens with one attached hydrogen (secondary N) is 1. The lowest BCUT2D eigenvalue weighted by Gasteiger charge is -2.19. The van der Waals surface area contributed by atoms with Gasteiger partial charge in [-0.15, -0.1) is 0 Å². The SMILES string of the molecule is N[C@@H](CC(=O)N1CC[C@H](NC(=O)C2CC2)C1)Cc1ccccc1F.O=C(O)C(F)(F)F. The summed E-state index contributed by atoms with van der Waals surface area (Å²) >= 11 is 0. The number of carbonyl (C=O) groups excluding carboxylic acids is 2. The van der Waals surface area contributed by atoms with Crippen molar-refractivity contribution < 1.29 is 37.1 Å². The molecule has 2 aliphatic rings. The number of halogens is 4. The topological polar surface area (TPSA) is 113 Å². The van der Waals surface area contributed by atoms with Gasteiger partial charge in [0.05, 0.1) is 0 Å². The molecule has 11 heteroatoms. The Balaban J connectivity index is 0.000000423. The Morgan fingerprint density at radius 2 is 1.81 bits per heavy atom. The second kappa shape index (κ2) is 10.6. The number of nitrogens with two attached hydrogens (primary N) is 1. The van der Waals surface area contributed by atoms with Crippen LogP contribution in [0.5, 0.6) is 0 Å². The van der Waals surface area contributed by atoms with Gasteiger partial charge in [-0.1, -0.05) is 18.2 Å². The van der Waals surface area contributed by atoms with Gasteiger partial charge in [0.1, 0.15) is 5.82 Å². The standard InChI is InChI=1S/C18H24FN3O2.C2HF3O2/c19-16-4-2-1-3-13(16)9-14(20)10-17(23)22-8-7-15(11-22)21-18(24)12-5-6-12;3-2(4,5)1(6)7/h1-4,12,14-15H,5-11,20H2,(H,21,24);(H,6,7)/t14-,15+;/m1./s1. The lowest BCUT2D eigenvalue weighted by Crippen LogP contribution is -2.40. The molecule has 1 aromatic carbocycles. The van der Waals surface area contributed by atoms with E-state index in [-0.39, 0.29) is 36.0 Å². The number of benzene rings is 1. The van der Waals surface area contributed by atoms with Crippen molar-refractivity contribution in [2.75, 3.05) is 13.1 Å². The van der Waals surface area contributed by atoms with Crippen LogP contribution in [0.2, 0.25) is 0 Å². The van der Waals surface area contributed by atoms with Crippen molar-refractivity contribution in [3.8, 4) is 0 Å². The number of hydrogen-bond acceptors (Lipinski definition) is 4. The number of carbonyl (C=O) groups is 3. The lowest BCUT2D eigenvalue weighted by atomic mass is 10.0. The van der Waals surface area contributed by atoms with Crippen LogP contribution < -0.4 is 11.1 Å². The van der Waals surface area contributed by atoms with Crippen LogP contribution in [-0.2, 0) is 20.8 Å². The number of carboxylic acids is 1. The maximum atomic E-state index is 13.6. The van der Waals surface area contributed by atoms with Gasteiger partial charge in [-0.05, 0) is 37.3 Å². The van der Waals surface area contributed by atoms with Crippen LogP contribution in [0.3, 0.4) is 0 Å². The number of nitrogens with zero attached hydrogens (tertiary/aromatic N) is 1.